The normalized spacial score (nSPS) is 11.9. The van der Waals surface area contributed by atoms with E-state index in [0.29, 0.717) is 64.6 Å². The SMILES string of the molecule is CCn1c(Nc2nc3ccc(OC(F)(F)F)cc3o2)nc2cc(C(=O)CCCO)ccc21.CCn1c(Nc2nc3ccc(OC(F)(F)F)cc3o2)nc2cc(C(=O)O)ccc21. The smallest absolute Gasteiger partial charge is 0.478 e. The maximum Gasteiger partial charge on any atom is 0.573 e. The van der Waals surface area contributed by atoms with Crippen LogP contribution in [0.2, 0.25) is 0 Å². The number of imidazole rings is 2. The number of benzene rings is 4. The van der Waals surface area contributed by atoms with Gasteiger partial charge in [-0.3, -0.25) is 15.4 Å². The fraction of sp³-hybridized carbons (Fsp3) is 0.231. The molecule has 0 bridgehead atoms. The van der Waals surface area contributed by atoms with Gasteiger partial charge in [0.15, 0.2) is 16.9 Å². The molecule has 0 fully saturated rings. The second kappa shape index (κ2) is 16.7. The highest BCUT2D eigenvalue weighted by Crippen LogP contribution is 2.32. The highest BCUT2D eigenvalue weighted by atomic mass is 19.4. The van der Waals surface area contributed by atoms with Crippen LogP contribution in [0, 0.1) is 0 Å². The number of anilines is 4. The number of ether oxygens (including phenoxy) is 2. The predicted octanol–water partition coefficient (Wildman–Crippen LogP) is 9.33. The summed E-state index contributed by atoms with van der Waals surface area (Å²) < 4.78 is 96.8. The Morgan fingerprint density at radius 2 is 1.11 bits per heavy atom. The van der Waals surface area contributed by atoms with Gasteiger partial charge in [0, 0.05) is 43.8 Å². The van der Waals surface area contributed by atoms with Crippen molar-refractivity contribution < 1.29 is 64.5 Å². The summed E-state index contributed by atoms with van der Waals surface area (Å²) in [5, 5.41) is 23.9. The molecule has 22 heteroatoms. The molecule has 8 aromatic rings. The Hall–Kier alpha value is -7.36. The average molecular weight is 855 g/mol. The molecule has 0 atom stereocenters. The van der Waals surface area contributed by atoms with E-state index in [1.54, 1.807) is 28.8 Å². The second-order valence-corrected chi connectivity index (χ2v) is 13.0. The quantitative estimate of drug-likeness (QED) is 0.0630. The third-order valence-electron chi connectivity index (χ3n) is 8.88. The van der Waals surface area contributed by atoms with Crippen molar-refractivity contribution in [2.75, 3.05) is 17.2 Å². The largest absolute Gasteiger partial charge is 0.573 e. The third-order valence-corrected chi connectivity index (χ3v) is 8.88. The minimum Gasteiger partial charge on any atom is -0.478 e. The lowest BCUT2D eigenvalue weighted by Gasteiger charge is -2.07. The summed E-state index contributed by atoms with van der Waals surface area (Å²) in [5.74, 6) is -1.23. The standard InChI is InChI=1S/C21H19F3N4O4.C18H13F3N4O4/c1-2-28-16-8-5-12(17(30)4-3-9-29)10-15(16)25-19(28)27-20-26-14-7-6-13(11-18(14)31-20)32-21(22,23)24;1-2-25-13-6-3-9(15(26)27)7-12(13)22-16(25)24-17-23-11-5-4-10(8-14(11)28-17)29-18(19,20)21/h5-8,10-11,29H,2-4,9H2,1H3,(H,25,26,27);3-8H,2H2,1H3,(H,26,27)(H,22,23,24). The zero-order valence-corrected chi connectivity index (χ0v) is 31.8. The van der Waals surface area contributed by atoms with E-state index in [1.807, 2.05) is 18.4 Å². The van der Waals surface area contributed by atoms with Crippen LogP contribution in [0.5, 0.6) is 11.5 Å². The lowest BCUT2D eigenvalue weighted by Crippen LogP contribution is -2.16. The predicted molar refractivity (Wildman–Crippen MR) is 206 cm³/mol. The van der Waals surface area contributed by atoms with E-state index in [1.165, 1.54) is 24.3 Å². The Morgan fingerprint density at radius 3 is 1.54 bits per heavy atom. The fourth-order valence-corrected chi connectivity index (χ4v) is 6.28. The van der Waals surface area contributed by atoms with E-state index in [4.69, 9.17) is 19.0 Å². The number of aromatic carboxylic acids is 1. The number of hydrogen-bond donors (Lipinski definition) is 4. The topological polar surface area (TPSA) is 205 Å². The number of carbonyl (C=O) groups is 2. The summed E-state index contributed by atoms with van der Waals surface area (Å²) in [6, 6.07) is 17.0. The number of aromatic nitrogens is 6. The molecule has 0 saturated heterocycles. The minimum absolute atomic E-state index is 0.0209. The first-order valence-electron chi connectivity index (χ1n) is 18.3. The number of nitrogens with one attached hydrogen (secondary N) is 2. The molecule has 0 saturated carbocycles. The van der Waals surface area contributed by atoms with Gasteiger partial charge in [-0.1, -0.05) is 0 Å². The highest BCUT2D eigenvalue weighted by Gasteiger charge is 2.32. The molecule has 318 valence electrons. The molecule has 0 unspecified atom stereocenters. The zero-order valence-electron chi connectivity index (χ0n) is 31.8. The van der Waals surface area contributed by atoms with Crippen LogP contribution in [0.15, 0.2) is 81.6 Å². The van der Waals surface area contributed by atoms with Crippen LogP contribution in [0.4, 0.5) is 50.3 Å². The summed E-state index contributed by atoms with van der Waals surface area (Å²) in [6.45, 7) is 4.82. The van der Waals surface area contributed by atoms with Crippen molar-refractivity contribution in [1.82, 2.24) is 29.1 Å². The lowest BCUT2D eigenvalue weighted by atomic mass is 10.1. The fourth-order valence-electron chi connectivity index (χ4n) is 6.28. The monoisotopic (exact) mass is 854 g/mol. The number of ketones is 1. The van der Waals surface area contributed by atoms with Gasteiger partial charge in [0.05, 0.1) is 27.6 Å². The number of hydrogen-bond acceptors (Lipinski definition) is 13. The molecule has 4 aromatic heterocycles. The molecule has 0 aliphatic rings. The number of alkyl halides is 6. The van der Waals surface area contributed by atoms with Gasteiger partial charge in [0.2, 0.25) is 11.9 Å². The van der Waals surface area contributed by atoms with Crippen LogP contribution in [0.25, 0.3) is 44.3 Å². The molecular weight excluding hydrogens is 822 g/mol. The molecule has 0 aliphatic heterocycles. The van der Waals surface area contributed by atoms with Crippen molar-refractivity contribution in [3.8, 4) is 11.5 Å². The zero-order chi connectivity index (χ0) is 43.6. The van der Waals surface area contributed by atoms with Crippen LogP contribution in [0.1, 0.15) is 47.4 Å². The Balaban J connectivity index is 0.000000185. The molecular formula is C39H32F6N8O8. The number of aliphatic hydroxyl groups is 1. The van der Waals surface area contributed by atoms with E-state index in [2.05, 4.69) is 40.0 Å². The molecule has 16 nitrogen and oxygen atoms in total. The van der Waals surface area contributed by atoms with Crippen molar-refractivity contribution in [3.63, 3.8) is 0 Å². The van der Waals surface area contributed by atoms with Gasteiger partial charge >= 0.3 is 30.7 Å². The average Bonchev–Trinajstić information content (AvgIpc) is 3.96. The van der Waals surface area contributed by atoms with Gasteiger partial charge in [-0.15, -0.1) is 26.3 Å². The number of Topliss-reactive ketones (excluding diaryl/α,β-unsaturated/α-hetero) is 1. The Kier molecular flexibility index (Phi) is 11.5. The molecule has 4 N–H and O–H groups in total. The number of carbonyl (C=O) groups excluding carboxylic acids is 1. The highest BCUT2D eigenvalue weighted by molar-refractivity contribution is 5.99. The van der Waals surface area contributed by atoms with E-state index < -0.39 is 30.2 Å². The molecule has 0 aliphatic carbocycles. The van der Waals surface area contributed by atoms with Crippen LogP contribution < -0.4 is 20.1 Å². The van der Waals surface area contributed by atoms with Crippen LogP contribution in [-0.2, 0) is 13.1 Å². The molecule has 0 spiro atoms. The van der Waals surface area contributed by atoms with Crippen LogP contribution >= 0.6 is 0 Å². The van der Waals surface area contributed by atoms with Gasteiger partial charge in [0.25, 0.3) is 0 Å². The van der Waals surface area contributed by atoms with E-state index in [-0.39, 0.29) is 47.6 Å². The van der Waals surface area contributed by atoms with Gasteiger partial charge in [0.1, 0.15) is 22.5 Å². The van der Waals surface area contributed by atoms with E-state index in [0.717, 1.165) is 29.8 Å². The van der Waals surface area contributed by atoms with Crippen molar-refractivity contribution >= 4 is 79.9 Å². The lowest BCUT2D eigenvalue weighted by molar-refractivity contribution is -0.275. The summed E-state index contributed by atoms with van der Waals surface area (Å²) in [4.78, 5) is 40.7. The number of oxazole rings is 2. The van der Waals surface area contributed by atoms with Crippen molar-refractivity contribution in [2.24, 2.45) is 0 Å². The van der Waals surface area contributed by atoms with Gasteiger partial charge < -0.3 is 37.7 Å². The number of aliphatic hydroxyl groups excluding tert-OH is 1. The Bertz CT molecular complexity index is 2900. The maximum atomic E-state index is 12.4. The Labute approximate surface area is 338 Å². The second-order valence-electron chi connectivity index (χ2n) is 13.0. The molecule has 0 amide bonds. The summed E-state index contributed by atoms with van der Waals surface area (Å²) in [6.07, 6.45) is -8.99. The number of nitrogens with zero attached hydrogens (tertiary/aromatic N) is 6. The third kappa shape index (κ3) is 9.59. The number of aryl methyl sites for hydroxylation is 2. The summed E-state index contributed by atoms with van der Waals surface area (Å²) in [5.41, 5.74) is 4.02. The van der Waals surface area contributed by atoms with Gasteiger partial charge in [-0.2, -0.15) is 9.97 Å². The first kappa shape index (κ1) is 41.8. The summed E-state index contributed by atoms with van der Waals surface area (Å²) >= 11 is 0. The number of rotatable bonds is 13. The van der Waals surface area contributed by atoms with Crippen molar-refractivity contribution in [2.45, 2.75) is 52.5 Å². The van der Waals surface area contributed by atoms with E-state index >= 15 is 0 Å². The van der Waals surface area contributed by atoms with Crippen LogP contribution in [0.3, 0.4) is 0 Å². The summed E-state index contributed by atoms with van der Waals surface area (Å²) in [7, 11) is 0. The van der Waals surface area contributed by atoms with E-state index in [9.17, 15) is 35.9 Å². The maximum absolute atomic E-state index is 12.4. The molecule has 61 heavy (non-hydrogen) atoms. The molecule has 4 aromatic carbocycles. The number of halogens is 6. The first-order valence-corrected chi connectivity index (χ1v) is 18.3. The van der Waals surface area contributed by atoms with Gasteiger partial charge in [-0.25, -0.2) is 14.8 Å². The van der Waals surface area contributed by atoms with Crippen molar-refractivity contribution in [1.29, 1.82) is 0 Å². The Morgan fingerprint density at radius 1 is 0.656 bits per heavy atom. The number of carboxylic acids is 1. The number of carboxylic acid groups (broad SMARTS) is 1. The molecule has 0 radical (unpaired) electrons. The van der Waals surface area contributed by atoms with Crippen molar-refractivity contribution in [3.05, 3.63) is 83.9 Å². The molecule has 8 rings (SSSR count). The minimum atomic E-state index is -4.81. The van der Waals surface area contributed by atoms with Gasteiger partial charge in [-0.05, 0) is 80.9 Å². The first-order chi connectivity index (χ1) is 29.0. The molecule has 4 heterocycles. The van der Waals surface area contributed by atoms with Crippen LogP contribution in [-0.4, -0.2) is 70.4 Å². The number of fused-ring (bicyclic) bond motifs is 4.